The van der Waals surface area contributed by atoms with Crippen LogP contribution in [-0.4, -0.2) is 55.3 Å². The predicted molar refractivity (Wildman–Crippen MR) is 50.8 cm³/mol. The van der Waals surface area contributed by atoms with Crippen LogP contribution in [0.3, 0.4) is 0 Å². The molecule has 0 atom stereocenters. The van der Waals surface area contributed by atoms with Gasteiger partial charge in [-0.15, -0.1) is 5.76 Å². The van der Waals surface area contributed by atoms with E-state index in [0.717, 1.165) is 0 Å². The molecule has 0 heterocycles. The Balaban J connectivity index is 0.00000225. The Morgan fingerprint density at radius 2 is 1.69 bits per heavy atom. The Morgan fingerprint density at radius 1 is 1.25 bits per heavy atom. The van der Waals surface area contributed by atoms with Crippen LogP contribution in [0.2, 0.25) is 0 Å². The molecule has 0 aromatic carbocycles. The fraction of sp³-hybridized carbons (Fsp3) is 0.500. The number of hydrogen-bond donors (Lipinski definition) is 0. The van der Waals surface area contributed by atoms with Crippen molar-refractivity contribution >= 4 is 55.3 Å². The first-order valence-corrected chi connectivity index (χ1v) is 4.64. The van der Waals surface area contributed by atoms with Crippen LogP contribution in [0.1, 0.15) is 26.2 Å². The Bertz CT molecular complexity index is 338. The Labute approximate surface area is 123 Å². The van der Waals surface area contributed by atoms with Crippen molar-refractivity contribution in [1.29, 1.82) is 0 Å². The fourth-order valence-corrected chi connectivity index (χ4v) is 1.53. The summed E-state index contributed by atoms with van der Waals surface area (Å²) in [5.41, 5.74) is -0.352. The summed E-state index contributed by atoms with van der Waals surface area (Å²) in [4.78, 5) is 33.2. The first-order chi connectivity index (χ1) is 6.97. The summed E-state index contributed by atoms with van der Waals surface area (Å²) in [6, 6.07) is 0. The maximum absolute atomic E-state index is 11.4. The minimum Gasteiger partial charge on any atom is -0.875 e. The molecular formula is C10H10CaO5. The molecule has 16 heavy (non-hydrogen) atoms. The smallest absolute Gasteiger partial charge is 0.875 e. The van der Waals surface area contributed by atoms with Crippen LogP contribution in [-0.2, 0) is 14.4 Å². The molecule has 6 heteroatoms. The van der Waals surface area contributed by atoms with Crippen LogP contribution < -0.4 is 10.2 Å². The molecule has 0 radical (unpaired) electrons. The minimum atomic E-state index is -1.42. The molecule has 1 fully saturated rings. The molecule has 0 N–H and O–H groups in total. The third kappa shape index (κ3) is 3.30. The van der Waals surface area contributed by atoms with Gasteiger partial charge in [0.15, 0.2) is 11.6 Å². The maximum Gasteiger partial charge on any atom is 2.00 e. The Hall–Kier alpha value is -0.390. The van der Waals surface area contributed by atoms with Gasteiger partial charge in [0.1, 0.15) is 0 Å². The zero-order valence-corrected chi connectivity index (χ0v) is 11.2. The molecule has 5 nitrogen and oxygen atoms in total. The number of rotatable bonds is 2. The number of allylic oxidation sites excluding steroid dienone is 2. The number of aliphatic carboxylic acids is 1. The number of carboxylic acids is 1. The van der Waals surface area contributed by atoms with E-state index in [1.54, 1.807) is 6.92 Å². The number of Topliss-reactive ketones (excluding diaryl/α,β-unsaturated/α-hetero) is 2. The first kappa shape index (κ1) is 15.6. The summed E-state index contributed by atoms with van der Waals surface area (Å²) >= 11 is 0. The normalized spacial score (nSPS) is 20.3. The van der Waals surface area contributed by atoms with Crippen molar-refractivity contribution < 1.29 is 24.6 Å². The summed E-state index contributed by atoms with van der Waals surface area (Å²) < 4.78 is 0. The van der Waals surface area contributed by atoms with Crippen molar-refractivity contribution in [3.63, 3.8) is 0 Å². The van der Waals surface area contributed by atoms with Crippen molar-refractivity contribution in [3.05, 3.63) is 11.3 Å². The zero-order valence-electron chi connectivity index (χ0n) is 8.95. The van der Waals surface area contributed by atoms with E-state index in [2.05, 4.69) is 0 Å². The van der Waals surface area contributed by atoms with E-state index in [1.165, 1.54) is 0 Å². The van der Waals surface area contributed by atoms with Gasteiger partial charge in [-0.2, -0.15) is 0 Å². The molecule has 0 aromatic rings. The molecule has 82 valence electrons. The SMILES string of the molecule is CCC([O-])=C1C(=O)CC(C(=O)[O-])CC1=O.[Ca+2]. The van der Waals surface area contributed by atoms with Gasteiger partial charge in [0.25, 0.3) is 0 Å². The van der Waals surface area contributed by atoms with Crippen molar-refractivity contribution in [2.45, 2.75) is 26.2 Å². The maximum atomic E-state index is 11.4. The molecule has 0 bridgehead atoms. The predicted octanol–water partition coefficient (Wildman–Crippen LogP) is -2.07. The minimum absolute atomic E-state index is 0. The van der Waals surface area contributed by atoms with E-state index in [1.807, 2.05) is 0 Å². The van der Waals surface area contributed by atoms with E-state index >= 15 is 0 Å². The molecule has 0 aromatic heterocycles. The second-order valence-corrected chi connectivity index (χ2v) is 3.42. The van der Waals surface area contributed by atoms with Crippen LogP contribution in [0.25, 0.3) is 0 Å². The fourth-order valence-electron chi connectivity index (χ4n) is 1.53. The first-order valence-electron chi connectivity index (χ1n) is 4.64. The number of hydrogen-bond acceptors (Lipinski definition) is 5. The molecule has 0 saturated heterocycles. The van der Waals surface area contributed by atoms with Crippen LogP contribution in [0.15, 0.2) is 11.3 Å². The van der Waals surface area contributed by atoms with Gasteiger partial charge in [-0.3, -0.25) is 9.59 Å². The number of ketones is 2. The molecule has 0 unspecified atom stereocenters. The summed E-state index contributed by atoms with van der Waals surface area (Å²) in [6.07, 6.45) is -0.549. The summed E-state index contributed by atoms with van der Waals surface area (Å²) in [5.74, 6) is -4.36. The van der Waals surface area contributed by atoms with Gasteiger partial charge in [0, 0.05) is 30.3 Å². The molecule has 1 saturated carbocycles. The summed E-state index contributed by atoms with van der Waals surface area (Å²) in [6.45, 7) is 1.54. The second kappa shape index (κ2) is 6.37. The number of carbonyl (C=O) groups is 3. The van der Waals surface area contributed by atoms with E-state index < -0.39 is 29.2 Å². The van der Waals surface area contributed by atoms with Crippen LogP contribution >= 0.6 is 0 Å². The van der Waals surface area contributed by atoms with Crippen molar-refractivity contribution in [3.8, 4) is 0 Å². The third-order valence-corrected chi connectivity index (χ3v) is 2.35. The topological polar surface area (TPSA) is 97.3 Å². The number of carbonyl (C=O) groups excluding carboxylic acids is 3. The second-order valence-electron chi connectivity index (χ2n) is 3.42. The molecular weight excluding hydrogens is 240 g/mol. The van der Waals surface area contributed by atoms with E-state index in [4.69, 9.17) is 0 Å². The van der Waals surface area contributed by atoms with E-state index in [-0.39, 0.29) is 62.6 Å². The summed E-state index contributed by atoms with van der Waals surface area (Å²) in [5, 5.41) is 21.7. The molecule has 1 aliphatic carbocycles. The monoisotopic (exact) mass is 250 g/mol. The van der Waals surface area contributed by atoms with Crippen LogP contribution in [0.5, 0.6) is 0 Å². The molecule has 0 aliphatic heterocycles. The van der Waals surface area contributed by atoms with Gasteiger partial charge in [0.2, 0.25) is 0 Å². The van der Waals surface area contributed by atoms with Gasteiger partial charge < -0.3 is 15.0 Å². The molecule has 0 spiro atoms. The van der Waals surface area contributed by atoms with Gasteiger partial charge in [-0.25, -0.2) is 0 Å². The van der Waals surface area contributed by atoms with E-state index in [9.17, 15) is 24.6 Å². The van der Waals surface area contributed by atoms with Crippen LogP contribution in [0.4, 0.5) is 0 Å². The van der Waals surface area contributed by atoms with Gasteiger partial charge >= 0.3 is 37.7 Å². The number of carboxylic acid groups (broad SMARTS) is 1. The quantitative estimate of drug-likeness (QED) is 0.243. The molecule has 0 amide bonds. The van der Waals surface area contributed by atoms with Gasteiger partial charge in [-0.05, 0) is 6.42 Å². The van der Waals surface area contributed by atoms with Crippen molar-refractivity contribution in [2.75, 3.05) is 0 Å². The van der Waals surface area contributed by atoms with Crippen molar-refractivity contribution in [1.82, 2.24) is 0 Å². The summed E-state index contributed by atoms with van der Waals surface area (Å²) in [7, 11) is 0. The average molecular weight is 250 g/mol. The Kier molecular flexibility index (Phi) is 6.22. The zero-order chi connectivity index (χ0) is 11.6. The van der Waals surface area contributed by atoms with Gasteiger partial charge in [-0.1, -0.05) is 6.92 Å². The van der Waals surface area contributed by atoms with Gasteiger partial charge in [0.05, 0.1) is 0 Å². The Morgan fingerprint density at radius 3 is 2.00 bits per heavy atom. The third-order valence-electron chi connectivity index (χ3n) is 2.35. The average Bonchev–Trinajstić information content (AvgIpc) is 2.16. The molecule has 1 rings (SSSR count). The van der Waals surface area contributed by atoms with Crippen LogP contribution in [0, 0.1) is 5.92 Å². The molecule has 1 aliphatic rings. The van der Waals surface area contributed by atoms with Crippen molar-refractivity contribution in [2.24, 2.45) is 5.92 Å². The standard InChI is InChI=1S/C10H12O5.Ca/c1-2-6(11)9-7(12)3-5(10(14)15)4-8(9)13;/h5,11H,2-4H2,1H3,(H,14,15);/q;+2/p-2. The largest absolute Gasteiger partial charge is 2.00 e. The van der Waals surface area contributed by atoms with E-state index in [0.29, 0.717) is 0 Å².